The van der Waals surface area contributed by atoms with Crippen molar-refractivity contribution in [2.75, 3.05) is 5.32 Å². The van der Waals surface area contributed by atoms with Crippen LogP contribution in [-0.4, -0.2) is 35.1 Å². The van der Waals surface area contributed by atoms with Crippen LogP contribution in [0.25, 0.3) is 16.9 Å². The number of hydrogen-bond acceptors (Lipinski definition) is 7. The van der Waals surface area contributed by atoms with Gasteiger partial charge in [0.15, 0.2) is 0 Å². The van der Waals surface area contributed by atoms with Gasteiger partial charge in [0.1, 0.15) is 5.69 Å². The molecule has 3 aromatic heterocycles. The number of rotatable bonds is 5. The van der Waals surface area contributed by atoms with Crippen LogP contribution < -0.4 is 5.32 Å². The van der Waals surface area contributed by atoms with E-state index in [1.165, 1.54) is 0 Å². The first-order valence-electron chi connectivity index (χ1n) is 8.82. The lowest BCUT2D eigenvalue weighted by Crippen LogP contribution is -2.02. The Morgan fingerprint density at radius 3 is 2.79 bits per heavy atom. The molecule has 0 aliphatic heterocycles. The number of pyridine rings is 1. The molecule has 3 heterocycles. The van der Waals surface area contributed by atoms with Crippen molar-refractivity contribution >= 4 is 11.6 Å². The van der Waals surface area contributed by atoms with Gasteiger partial charge in [0.25, 0.3) is 0 Å². The van der Waals surface area contributed by atoms with E-state index in [0.717, 1.165) is 28.2 Å². The maximum Gasteiger partial charge on any atom is 0.227 e. The van der Waals surface area contributed by atoms with Crippen LogP contribution in [0.5, 0.6) is 0 Å². The highest BCUT2D eigenvalue weighted by molar-refractivity contribution is 5.64. The van der Waals surface area contributed by atoms with E-state index in [1.54, 1.807) is 36.4 Å². The van der Waals surface area contributed by atoms with Gasteiger partial charge in [0, 0.05) is 29.8 Å². The molecule has 1 aromatic carbocycles. The van der Waals surface area contributed by atoms with E-state index in [-0.39, 0.29) is 0 Å². The van der Waals surface area contributed by atoms with Crippen molar-refractivity contribution in [2.45, 2.75) is 20.0 Å². The molecule has 0 radical (unpaired) electrons. The zero-order chi connectivity index (χ0) is 19.5. The van der Waals surface area contributed by atoms with Crippen molar-refractivity contribution in [3.05, 3.63) is 72.4 Å². The second kappa shape index (κ2) is 7.53. The van der Waals surface area contributed by atoms with Crippen LogP contribution in [0.2, 0.25) is 0 Å². The van der Waals surface area contributed by atoms with Crippen LogP contribution in [0.4, 0.5) is 11.6 Å². The first-order valence-corrected chi connectivity index (χ1v) is 8.82. The Morgan fingerprint density at radius 1 is 1.14 bits per heavy atom. The minimum absolute atomic E-state index is 0.491. The lowest BCUT2D eigenvalue weighted by atomic mass is 10.2. The molecular weight excluding hydrogens is 354 g/mol. The van der Waals surface area contributed by atoms with Crippen LogP contribution in [-0.2, 0) is 0 Å². The largest absolute Gasteiger partial charge is 0.387 e. The number of hydrogen-bond donors (Lipinski definition) is 2. The van der Waals surface area contributed by atoms with Crippen LogP contribution in [0.3, 0.4) is 0 Å². The Kier molecular flexibility index (Phi) is 4.77. The number of anilines is 2. The highest BCUT2D eigenvalue weighted by Crippen LogP contribution is 2.24. The summed E-state index contributed by atoms with van der Waals surface area (Å²) < 4.78 is 1.62. The summed E-state index contributed by atoms with van der Waals surface area (Å²) in [5.74, 6) is 0.491. The normalized spacial score (nSPS) is 12.0. The molecular formula is C20H19N7O. The number of aromatic nitrogens is 6. The molecule has 0 saturated heterocycles. The third-order valence-corrected chi connectivity index (χ3v) is 4.28. The zero-order valence-corrected chi connectivity index (χ0v) is 15.5. The van der Waals surface area contributed by atoms with E-state index < -0.39 is 6.10 Å². The Hall–Kier alpha value is -3.65. The summed E-state index contributed by atoms with van der Waals surface area (Å²) in [4.78, 5) is 13.0. The van der Waals surface area contributed by atoms with Crippen molar-refractivity contribution in [2.24, 2.45) is 0 Å². The fraction of sp³-hybridized carbons (Fsp3) is 0.150. The minimum atomic E-state index is -0.666. The summed E-state index contributed by atoms with van der Waals surface area (Å²) >= 11 is 0. The van der Waals surface area contributed by atoms with Gasteiger partial charge in [0.05, 0.1) is 23.7 Å². The summed E-state index contributed by atoms with van der Waals surface area (Å²) in [6.45, 7) is 3.66. The number of aliphatic hydroxyl groups excluding tert-OH is 1. The Morgan fingerprint density at radius 2 is 2.04 bits per heavy atom. The smallest absolute Gasteiger partial charge is 0.227 e. The molecule has 4 rings (SSSR count). The van der Waals surface area contributed by atoms with Crippen LogP contribution in [0.1, 0.15) is 24.3 Å². The second-order valence-corrected chi connectivity index (χ2v) is 6.40. The fourth-order valence-corrected chi connectivity index (χ4v) is 2.70. The number of aryl methyl sites for hydroxylation is 1. The zero-order valence-electron chi connectivity index (χ0n) is 15.5. The topological polar surface area (TPSA) is 102 Å². The molecule has 8 heteroatoms. The molecule has 2 N–H and O–H groups in total. The average Bonchev–Trinajstić information content (AvgIpc) is 3.21. The molecule has 140 valence electrons. The predicted molar refractivity (Wildman–Crippen MR) is 105 cm³/mol. The van der Waals surface area contributed by atoms with Gasteiger partial charge >= 0.3 is 0 Å². The van der Waals surface area contributed by atoms with Crippen molar-refractivity contribution in [3.63, 3.8) is 0 Å². The SMILES string of the molecule is Cc1ccc(-n2cc(C(C)O)nn2)cc1Nc1nccc(-c2cccnc2)n1. The first kappa shape index (κ1) is 17.7. The summed E-state index contributed by atoms with van der Waals surface area (Å²) in [6, 6.07) is 11.5. The second-order valence-electron chi connectivity index (χ2n) is 6.40. The Bertz CT molecular complexity index is 1090. The van der Waals surface area contributed by atoms with E-state index in [0.29, 0.717) is 11.6 Å². The molecule has 0 spiro atoms. The summed E-state index contributed by atoms with van der Waals surface area (Å²) in [5.41, 5.74) is 4.94. The number of benzene rings is 1. The van der Waals surface area contributed by atoms with Crippen molar-refractivity contribution in [1.82, 2.24) is 29.9 Å². The van der Waals surface area contributed by atoms with E-state index in [9.17, 15) is 5.11 Å². The molecule has 0 fully saturated rings. The number of nitrogens with zero attached hydrogens (tertiary/aromatic N) is 6. The van der Waals surface area contributed by atoms with Crippen LogP contribution in [0.15, 0.2) is 61.2 Å². The molecule has 0 bridgehead atoms. The summed E-state index contributed by atoms with van der Waals surface area (Å²) in [6.07, 6.45) is 6.25. The van der Waals surface area contributed by atoms with Crippen LogP contribution in [0, 0.1) is 6.92 Å². The molecule has 1 unspecified atom stereocenters. The summed E-state index contributed by atoms with van der Waals surface area (Å²) in [7, 11) is 0. The van der Waals surface area contributed by atoms with E-state index >= 15 is 0 Å². The lowest BCUT2D eigenvalue weighted by Gasteiger charge is -2.11. The molecule has 0 saturated carbocycles. The van der Waals surface area contributed by atoms with Gasteiger partial charge in [-0.25, -0.2) is 14.6 Å². The first-order chi connectivity index (χ1) is 13.6. The summed E-state index contributed by atoms with van der Waals surface area (Å²) in [5, 5.41) is 21.0. The monoisotopic (exact) mass is 373 g/mol. The van der Waals surface area contributed by atoms with Gasteiger partial charge in [-0.05, 0) is 49.7 Å². The predicted octanol–water partition coefficient (Wildman–Crippen LogP) is 3.22. The molecule has 0 aliphatic rings. The minimum Gasteiger partial charge on any atom is -0.387 e. The van der Waals surface area contributed by atoms with Gasteiger partial charge in [-0.3, -0.25) is 4.98 Å². The van der Waals surface area contributed by atoms with E-state index in [1.807, 2.05) is 43.3 Å². The van der Waals surface area contributed by atoms with Gasteiger partial charge in [0.2, 0.25) is 5.95 Å². The van der Waals surface area contributed by atoms with Crippen molar-refractivity contribution in [3.8, 4) is 16.9 Å². The molecule has 4 aromatic rings. The molecule has 0 amide bonds. The molecule has 1 atom stereocenters. The number of nitrogens with one attached hydrogen (secondary N) is 1. The van der Waals surface area contributed by atoms with Gasteiger partial charge in [-0.15, -0.1) is 5.10 Å². The third kappa shape index (κ3) is 3.72. The fourth-order valence-electron chi connectivity index (χ4n) is 2.70. The van der Waals surface area contributed by atoms with E-state index in [2.05, 4.69) is 30.6 Å². The van der Waals surface area contributed by atoms with E-state index in [4.69, 9.17) is 0 Å². The average molecular weight is 373 g/mol. The van der Waals surface area contributed by atoms with Gasteiger partial charge < -0.3 is 10.4 Å². The highest BCUT2D eigenvalue weighted by atomic mass is 16.3. The Labute approximate surface area is 161 Å². The van der Waals surface area contributed by atoms with Crippen molar-refractivity contribution in [1.29, 1.82) is 0 Å². The third-order valence-electron chi connectivity index (χ3n) is 4.28. The molecule has 8 nitrogen and oxygen atoms in total. The molecule has 28 heavy (non-hydrogen) atoms. The Balaban J connectivity index is 1.63. The highest BCUT2D eigenvalue weighted by Gasteiger charge is 2.10. The van der Waals surface area contributed by atoms with Gasteiger partial charge in [-0.2, -0.15) is 0 Å². The maximum atomic E-state index is 9.65. The van der Waals surface area contributed by atoms with Gasteiger partial charge in [-0.1, -0.05) is 11.3 Å². The lowest BCUT2D eigenvalue weighted by molar-refractivity contribution is 0.194. The van der Waals surface area contributed by atoms with Crippen LogP contribution >= 0.6 is 0 Å². The quantitative estimate of drug-likeness (QED) is 0.554. The molecule has 0 aliphatic carbocycles. The maximum absolute atomic E-state index is 9.65. The number of aliphatic hydroxyl groups is 1. The standard InChI is InChI=1S/C20H19N7O/c1-13-5-6-16(27-12-19(14(2)28)25-26-27)10-18(13)24-20-22-9-7-17(23-20)15-4-3-8-21-11-15/h3-12,14,28H,1-2H3,(H,22,23,24). The van der Waals surface area contributed by atoms with Crippen molar-refractivity contribution < 1.29 is 5.11 Å².